The van der Waals surface area contributed by atoms with Crippen molar-refractivity contribution in [3.05, 3.63) is 0 Å². The minimum Gasteiger partial charge on any atom is -0.355 e. The van der Waals surface area contributed by atoms with E-state index >= 15 is 0 Å². The zero-order valence-electron chi connectivity index (χ0n) is 8.22. The van der Waals surface area contributed by atoms with Crippen LogP contribution in [0.5, 0.6) is 0 Å². The first-order valence-electron chi connectivity index (χ1n) is 4.45. The number of rotatable bonds is 4. The van der Waals surface area contributed by atoms with Crippen molar-refractivity contribution in [1.29, 1.82) is 0 Å². The molecule has 0 rings (SSSR count). The van der Waals surface area contributed by atoms with Crippen LogP contribution in [0.15, 0.2) is 4.99 Å². The summed E-state index contributed by atoms with van der Waals surface area (Å²) >= 11 is 0. The van der Waals surface area contributed by atoms with E-state index < -0.39 is 0 Å². The molecule has 0 unspecified atom stereocenters. The Labute approximate surface area is 74.6 Å². The van der Waals surface area contributed by atoms with E-state index in [2.05, 4.69) is 29.6 Å². The lowest BCUT2D eigenvalue weighted by molar-refractivity contribution is 0.481. The number of guanidine groups is 1. The third kappa shape index (κ3) is 4.18. The zero-order chi connectivity index (χ0) is 9.40. The third-order valence-corrected chi connectivity index (χ3v) is 2.07. The molecule has 72 valence electrons. The van der Waals surface area contributed by atoms with Gasteiger partial charge in [-0.3, -0.25) is 10.4 Å². The molecule has 0 aliphatic rings. The molecule has 0 heterocycles. The molecule has 4 nitrogen and oxygen atoms in total. The fourth-order valence-electron chi connectivity index (χ4n) is 1.01. The summed E-state index contributed by atoms with van der Waals surface area (Å²) in [5.41, 5.74) is 2.49. The molecule has 0 aliphatic heterocycles. The van der Waals surface area contributed by atoms with Crippen LogP contribution in [0.25, 0.3) is 0 Å². The maximum atomic E-state index is 5.21. The van der Waals surface area contributed by atoms with Gasteiger partial charge in [-0.05, 0) is 5.92 Å². The fourth-order valence-corrected chi connectivity index (χ4v) is 1.01. The number of hydrogen-bond donors (Lipinski definition) is 3. The minimum absolute atomic E-state index is 0.655. The molecule has 0 spiro atoms. The van der Waals surface area contributed by atoms with Crippen LogP contribution in [-0.4, -0.2) is 19.6 Å². The molecule has 0 bridgehead atoms. The van der Waals surface area contributed by atoms with Crippen LogP contribution >= 0.6 is 0 Å². The van der Waals surface area contributed by atoms with Crippen LogP contribution < -0.4 is 16.6 Å². The Kier molecular flexibility index (Phi) is 6.47. The van der Waals surface area contributed by atoms with Crippen LogP contribution in [0.3, 0.4) is 0 Å². The smallest absolute Gasteiger partial charge is 0.205 e. The molecule has 0 radical (unpaired) electrons. The SMILES string of the molecule is CCC(CC)CNC(=NC)NN. The quantitative estimate of drug-likeness (QED) is 0.250. The highest BCUT2D eigenvalue weighted by Crippen LogP contribution is 2.04. The van der Waals surface area contributed by atoms with Crippen LogP contribution in [0.2, 0.25) is 0 Å². The number of aliphatic imine (C=N–C) groups is 1. The van der Waals surface area contributed by atoms with Gasteiger partial charge < -0.3 is 5.32 Å². The zero-order valence-corrected chi connectivity index (χ0v) is 8.22. The molecule has 12 heavy (non-hydrogen) atoms. The van der Waals surface area contributed by atoms with Gasteiger partial charge in [0.15, 0.2) is 0 Å². The van der Waals surface area contributed by atoms with Gasteiger partial charge >= 0.3 is 0 Å². The van der Waals surface area contributed by atoms with E-state index in [1.54, 1.807) is 7.05 Å². The van der Waals surface area contributed by atoms with E-state index in [1.165, 1.54) is 12.8 Å². The summed E-state index contributed by atoms with van der Waals surface area (Å²) < 4.78 is 0. The highest BCUT2D eigenvalue weighted by molar-refractivity contribution is 5.78. The molecule has 0 fully saturated rings. The van der Waals surface area contributed by atoms with Gasteiger partial charge in [0, 0.05) is 13.6 Å². The molecule has 0 aromatic heterocycles. The molecular formula is C8H20N4. The number of hydrazine groups is 1. The van der Waals surface area contributed by atoms with Gasteiger partial charge in [0.25, 0.3) is 0 Å². The number of nitrogens with zero attached hydrogens (tertiary/aromatic N) is 1. The van der Waals surface area contributed by atoms with E-state index in [0.29, 0.717) is 11.9 Å². The molecule has 0 aromatic rings. The van der Waals surface area contributed by atoms with Gasteiger partial charge in [0.2, 0.25) is 5.96 Å². The first kappa shape index (κ1) is 11.2. The maximum Gasteiger partial charge on any atom is 0.205 e. The monoisotopic (exact) mass is 172 g/mol. The van der Waals surface area contributed by atoms with Crippen LogP contribution in [0.4, 0.5) is 0 Å². The predicted molar refractivity (Wildman–Crippen MR) is 52.8 cm³/mol. The van der Waals surface area contributed by atoms with Crippen molar-refractivity contribution in [1.82, 2.24) is 10.7 Å². The van der Waals surface area contributed by atoms with E-state index in [9.17, 15) is 0 Å². The average molecular weight is 172 g/mol. The minimum atomic E-state index is 0.655. The van der Waals surface area contributed by atoms with Crippen molar-refractivity contribution in [2.24, 2.45) is 16.8 Å². The van der Waals surface area contributed by atoms with E-state index in [4.69, 9.17) is 5.84 Å². The number of nitrogens with two attached hydrogens (primary N) is 1. The second-order valence-corrected chi connectivity index (χ2v) is 2.78. The maximum absolute atomic E-state index is 5.21. The topological polar surface area (TPSA) is 62.4 Å². The summed E-state index contributed by atoms with van der Waals surface area (Å²) in [4.78, 5) is 3.92. The first-order valence-corrected chi connectivity index (χ1v) is 4.45. The van der Waals surface area contributed by atoms with E-state index in [0.717, 1.165) is 6.54 Å². The Morgan fingerprint density at radius 3 is 2.33 bits per heavy atom. The Hall–Kier alpha value is -0.770. The molecule has 0 amide bonds. The Bertz CT molecular complexity index is 129. The molecule has 0 aliphatic carbocycles. The van der Waals surface area contributed by atoms with Crippen molar-refractivity contribution in [2.45, 2.75) is 26.7 Å². The van der Waals surface area contributed by atoms with Crippen molar-refractivity contribution in [3.8, 4) is 0 Å². The molecule has 0 aromatic carbocycles. The molecule has 0 saturated heterocycles. The summed E-state index contributed by atoms with van der Waals surface area (Å²) in [7, 11) is 1.70. The summed E-state index contributed by atoms with van der Waals surface area (Å²) in [6.45, 7) is 5.31. The standard InChI is InChI=1S/C8H20N4/c1-4-7(5-2)6-11-8(10-3)12-9/h7H,4-6,9H2,1-3H3,(H2,10,11,12). The van der Waals surface area contributed by atoms with Crippen molar-refractivity contribution >= 4 is 5.96 Å². The summed E-state index contributed by atoms with van der Waals surface area (Å²) in [6.07, 6.45) is 2.37. The normalized spacial score (nSPS) is 11.9. The predicted octanol–water partition coefficient (Wildman–Crippen LogP) is 0.461. The third-order valence-electron chi connectivity index (χ3n) is 2.07. The van der Waals surface area contributed by atoms with Crippen molar-refractivity contribution in [3.63, 3.8) is 0 Å². The van der Waals surface area contributed by atoms with Crippen molar-refractivity contribution < 1.29 is 0 Å². The summed E-state index contributed by atoms with van der Waals surface area (Å²) in [5, 5.41) is 3.13. The first-order chi connectivity index (χ1) is 5.78. The Balaban J connectivity index is 3.64. The van der Waals surface area contributed by atoms with E-state index in [1.807, 2.05) is 0 Å². The van der Waals surface area contributed by atoms with Crippen LogP contribution in [0.1, 0.15) is 26.7 Å². The van der Waals surface area contributed by atoms with Gasteiger partial charge in [-0.15, -0.1) is 0 Å². The fraction of sp³-hybridized carbons (Fsp3) is 0.875. The Morgan fingerprint density at radius 2 is 2.00 bits per heavy atom. The van der Waals surface area contributed by atoms with Gasteiger partial charge in [-0.2, -0.15) is 0 Å². The van der Waals surface area contributed by atoms with E-state index in [-0.39, 0.29) is 0 Å². The van der Waals surface area contributed by atoms with Gasteiger partial charge in [0.05, 0.1) is 0 Å². The molecule has 4 heteroatoms. The lowest BCUT2D eigenvalue weighted by Crippen LogP contribution is -2.43. The van der Waals surface area contributed by atoms with Gasteiger partial charge in [-0.1, -0.05) is 26.7 Å². The van der Waals surface area contributed by atoms with Crippen LogP contribution in [0, 0.1) is 5.92 Å². The molecular weight excluding hydrogens is 152 g/mol. The number of nitrogens with one attached hydrogen (secondary N) is 2. The highest BCUT2D eigenvalue weighted by Gasteiger charge is 2.03. The second-order valence-electron chi connectivity index (χ2n) is 2.78. The molecule has 0 saturated carbocycles. The molecule has 0 atom stereocenters. The largest absolute Gasteiger partial charge is 0.355 e. The molecule has 4 N–H and O–H groups in total. The van der Waals surface area contributed by atoms with Gasteiger partial charge in [-0.25, -0.2) is 5.84 Å². The second kappa shape index (κ2) is 6.91. The Morgan fingerprint density at radius 1 is 1.42 bits per heavy atom. The highest BCUT2D eigenvalue weighted by atomic mass is 15.3. The summed E-state index contributed by atoms with van der Waals surface area (Å²) in [6, 6.07) is 0. The van der Waals surface area contributed by atoms with Gasteiger partial charge in [0.1, 0.15) is 0 Å². The summed E-state index contributed by atoms with van der Waals surface area (Å²) in [5.74, 6) is 6.57. The van der Waals surface area contributed by atoms with Crippen LogP contribution in [-0.2, 0) is 0 Å². The lowest BCUT2D eigenvalue weighted by Gasteiger charge is -2.14. The average Bonchev–Trinajstić information content (AvgIpc) is 2.13. The number of hydrogen-bond acceptors (Lipinski definition) is 2. The van der Waals surface area contributed by atoms with Crippen molar-refractivity contribution in [2.75, 3.05) is 13.6 Å². The lowest BCUT2D eigenvalue weighted by atomic mass is 10.0.